The smallest absolute Gasteiger partial charge is 0.332 e. The van der Waals surface area contributed by atoms with Gasteiger partial charge >= 0.3 is 11.4 Å². The van der Waals surface area contributed by atoms with E-state index in [1.165, 1.54) is 0 Å². The van der Waals surface area contributed by atoms with Crippen molar-refractivity contribution in [3.05, 3.63) is 31.3 Å². The van der Waals surface area contributed by atoms with Crippen molar-refractivity contribution in [2.24, 2.45) is 0 Å². The average Bonchev–Trinajstić information content (AvgIpc) is 3.29. The van der Waals surface area contributed by atoms with Crippen molar-refractivity contribution >= 4 is 11.2 Å². The molecule has 0 aromatic carbocycles. The first-order chi connectivity index (χ1) is 14.2. The van der Waals surface area contributed by atoms with Gasteiger partial charge in [0.1, 0.15) is 36.6 Å². The molecule has 0 spiro atoms. The number of fused-ring (bicyclic) bond motifs is 1. The summed E-state index contributed by atoms with van der Waals surface area (Å²) in [5.41, 5.74) is -4.03. The maximum absolute atomic E-state index is 12.6. The summed E-state index contributed by atoms with van der Waals surface area (Å²) in [5.74, 6) is 0. The van der Waals surface area contributed by atoms with E-state index in [0.29, 0.717) is 9.13 Å². The second kappa shape index (κ2) is 7.40. The molecule has 2 saturated heterocycles. The third-order valence-corrected chi connectivity index (χ3v) is 5.35. The van der Waals surface area contributed by atoms with Crippen LogP contribution in [0.2, 0.25) is 0 Å². The maximum atomic E-state index is 12.6. The van der Waals surface area contributed by atoms with E-state index in [1.807, 2.05) is 4.98 Å². The van der Waals surface area contributed by atoms with Gasteiger partial charge in [-0.2, -0.15) is 0 Å². The Balaban J connectivity index is 1.91. The summed E-state index contributed by atoms with van der Waals surface area (Å²) in [6.07, 6.45) is -12.1. The van der Waals surface area contributed by atoms with E-state index in [0.717, 1.165) is 0 Å². The Labute approximate surface area is 165 Å². The average molecular weight is 432 g/mol. The molecule has 2 aromatic heterocycles. The minimum Gasteiger partial charge on any atom is -0.394 e. The van der Waals surface area contributed by atoms with Crippen LogP contribution in [-0.2, 0) is 9.47 Å². The van der Waals surface area contributed by atoms with Gasteiger partial charge in [-0.05, 0) is 0 Å². The van der Waals surface area contributed by atoms with Gasteiger partial charge in [0.2, 0.25) is 0 Å². The van der Waals surface area contributed by atoms with E-state index in [9.17, 15) is 45.0 Å². The van der Waals surface area contributed by atoms with Crippen LogP contribution < -0.4 is 16.9 Å². The van der Waals surface area contributed by atoms with Gasteiger partial charge in [-0.1, -0.05) is 0 Å². The zero-order valence-electron chi connectivity index (χ0n) is 15.2. The number of aliphatic hydroxyl groups is 6. The fourth-order valence-corrected chi connectivity index (χ4v) is 3.82. The van der Waals surface area contributed by atoms with Crippen molar-refractivity contribution in [3.63, 3.8) is 0 Å². The quantitative estimate of drug-likeness (QED) is 0.227. The molecule has 8 N–H and O–H groups in total. The molecule has 0 unspecified atom stereocenters. The highest BCUT2D eigenvalue weighted by atomic mass is 16.6. The Bertz CT molecular complexity index is 1120. The van der Waals surface area contributed by atoms with Crippen molar-refractivity contribution in [3.8, 4) is 0 Å². The van der Waals surface area contributed by atoms with Crippen molar-refractivity contribution in [2.75, 3.05) is 13.2 Å². The van der Waals surface area contributed by atoms with Crippen LogP contribution in [0.3, 0.4) is 0 Å². The number of nitrogens with zero attached hydrogens (tertiary/aromatic N) is 2. The number of aromatic nitrogens is 4. The van der Waals surface area contributed by atoms with Crippen molar-refractivity contribution in [1.82, 2.24) is 19.1 Å². The number of aromatic amines is 2. The van der Waals surface area contributed by atoms with Gasteiger partial charge in [-0.15, -0.1) is 0 Å². The first-order valence-corrected chi connectivity index (χ1v) is 8.95. The molecule has 0 aliphatic carbocycles. The SMILES string of the molecule is O=c1[nH]c(=O)n([C@@H]2O[C@H](CO)[C@@H](O)[C@@H]2O)c2[nH]c(=O)n([C@@H]3O[C@H](CO)[C@H](O)[C@@H]3O)c12. The first kappa shape index (κ1) is 20.9. The lowest BCUT2D eigenvalue weighted by Crippen LogP contribution is -2.39. The number of ether oxygens (including phenoxy) is 2. The van der Waals surface area contributed by atoms with Crippen LogP contribution in [0.1, 0.15) is 12.5 Å². The van der Waals surface area contributed by atoms with Gasteiger partial charge in [0.05, 0.1) is 13.2 Å². The van der Waals surface area contributed by atoms with E-state index < -0.39 is 90.4 Å². The topological polar surface area (TPSA) is 232 Å². The van der Waals surface area contributed by atoms with Gasteiger partial charge in [-0.3, -0.25) is 19.3 Å². The third-order valence-electron chi connectivity index (χ3n) is 5.35. The summed E-state index contributed by atoms with van der Waals surface area (Å²) in [7, 11) is 0. The molecule has 15 heteroatoms. The number of aliphatic hydroxyl groups excluding tert-OH is 6. The molecule has 2 aliphatic heterocycles. The zero-order chi connectivity index (χ0) is 21.9. The van der Waals surface area contributed by atoms with E-state index in [-0.39, 0.29) is 0 Å². The summed E-state index contributed by atoms with van der Waals surface area (Å²) in [6.45, 7) is -1.34. The molecule has 2 aliphatic rings. The molecule has 30 heavy (non-hydrogen) atoms. The fourth-order valence-electron chi connectivity index (χ4n) is 3.82. The van der Waals surface area contributed by atoms with Gasteiger partial charge in [0.15, 0.2) is 23.6 Å². The number of hydrogen-bond acceptors (Lipinski definition) is 11. The standard InChI is InChI=1S/C15H20N4O11/c20-1-3-6(22)8(24)12(29-3)18-5-10(16-14(18)27)19(15(28)17-11(5)26)13-9(25)7(23)4(2-21)30-13/h3-4,6-9,12-13,20-25H,1-2H2,(H,16,27)(H,17,26,28)/t3-,4-,6+,7-,8+,9+,12-,13-/m1/s1. The molecule has 4 rings (SSSR count). The second-order valence-electron chi connectivity index (χ2n) is 7.08. The number of nitrogens with one attached hydrogen (secondary N) is 2. The lowest BCUT2D eigenvalue weighted by molar-refractivity contribution is -0.0537. The monoisotopic (exact) mass is 432 g/mol. The molecular weight excluding hydrogens is 412 g/mol. The molecule has 2 aromatic rings. The number of hydrogen-bond donors (Lipinski definition) is 8. The van der Waals surface area contributed by atoms with Crippen LogP contribution in [0.5, 0.6) is 0 Å². The third kappa shape index (κ3) is 2.87. The minimum absolute atomic E-state index is 0.415. The van der Waals surface area contributed by atoms with E-state index in [4.69, 9.17) is 9.47 Å². The Hall–Kier alpha value is -2.37. The predicted octanol–water partition coefficient (Wildman–Crippen LogP) is -5.60. The summed E-state index contributed by atoms with van der Waals surface area (Å²) in [5, 5.41) is 58.8. The van der Waals surface area contributed by atoms with Gasteiger partial charge < -0.3 is 40.1 Å². The lowest BCUT2D eigenvalue weighted by Gasteiger charge is -2.19. The Morgan fingerprint density at radius 2 is 1.20 bits per heavy atom. The predicted molar refractivity (Wildman–Crippen MR) is 93.5 cm³/mol. The molecule has 0 radical (unpaired) electrons. The van der Waals surface area contributed by atoms with E-state index >= 15 is 0 Å². The highest BCUT2D eigenvalue weighted by molar-refractivity contribution is 5.70. The zero-order valence-corrected chi connectivity index (χ0v) is 15.2. The van der Waals surface area contributed by atoms with Crippen LogP contribution in [0.15, 0.2) is 14.4 Å². The minimum atomic E-state index is -1.69. The fraction of sp³-hybridized carbons (Fsp3) is 0.667. The number of H-pyrrole nitrogens is 2. The molecule has 0 bridgehead atoms. The maximum Gasteiger partial charge on any atom is 0.332 e. The highest BCUT2D eigenvalue weighted by Crippen LogP contribution is 2.32. The molecular formula is C15H20N4O11. The molecule has 15 nitrogen and oxygen atoms in total. The normalized spacial score (nSPS) is 36.7. The highest BCUT2D eigenvalue weighted by Gasteiger charge is 2.47. The van der Waals surface area contributed by atoms with Crippen molar-refractivity contribution in [2.45, 2.75) is 49.1 Å². The molecule has 2 fully saturated rings. The molecule has 8 atom stereocenters. The molecule has 166 valence electrons. The van der Waals surface area contributed by atoms with Crippen LogP contribution in [0.25, 0.3) is 11.2 Å². The van der Waals surface area contributed by atoms with Crippen LogP contribution >= 0.6 is 0 Å². The summed E-state index contributed by atoms with van der Waals surface area (Å²) >= 11 is 0. The Morgan fingerprint density at radius 1 is 0.733 bits per heavy atom. The first-order valence-electron chi connectivity index (χ1n) is 8.95. The van der Waals surface area contributed by atoms with Crippen LogP contribution in [0.4, 0.5) is 0 Å². The van der Waals surface area contributed by atoms with Crippen LogP contribution in [-0.4, -0.2) is 99.6 Å². The van der Waals surface area contributed by atoms with E-state index in [1.54, 1.807) is 0 Å². The lowest BCUT2D eigenvalue weighted by atomic mass is 10.1. The second-order valence-corrected chi connectivity index (χ2v) is 7.08. The van der Waals surface area contributed by atoms with Crippen LogP contribution in [0, 0.1) is 0 Å². The number of rotatable bonds is 4. The van der Waals surface area contributed by atoms with Gasteiger partial charge in [0, 0.05) is 0 Å². The van der Waals surface area contributed by atoms with Gasteiger partial charge in [0.25, 0.3) is 5.56 Å². The van der Waals surface area contributed by atoms with Crippen molar-refractivity contribution in [1.29, 1.82) is 0 Å². The molecule has 0 amide bonds. The summed E-state index contributed by atoms with van der Waals surface area (Å²) < 4.78 is 11.9. The summed E-state index contributed by atoms with van der Waals surface area (Å²) in [6, 6.07) is 0. The van der Waals surface area contributed by atoms with Crippen molar-refractivity contribution < 1.29 is 40.1 Å². The Morgan fingerprint density at radius 3 is 1.67 bits per heavy atom. The Kier molecular flexibility index (Phi) is 5.15. The van der Waals surface area contributed by atoms with Gasteiger partial charge in [-0.25, -0.2) is 14.2 Å². The molecule has 4 heterocycles. The molecule has 0 saturated carbocycles. The largest absolute Gasteiger partial charge is 0.394 e. The van der Waals surface area contributed by atoms with E-state index in [2.05, 4.69) is 4.98 Å². The summed E-state index contributed by atoms with van der Waals surface area (Å²) in [4.78, 5) is 41.7. The number of imidazole rings is 1.